The molecule has 37 heteroatoms. The zero-order chi connectivity index (χ0) is 74.1. The minimum atomic E-state index is -0.661. The predicted octanol–water partition coefficient (Wildman–Crippen LogP) is 12.5. The number of benzene rings is 8. The molecule has 0 fully saturated rings. The van der Waals surface area contributed by atoms with Gasteiger partial charge in [-0.3, -0.25) is 21.0 Å². The molecule has 5 aromatic heterocycles. The Morgan fingerprint density at radius 2 is 0.760 bits per heavy atom. The molecule has 104 heavy (non-hydrogen) atoms. The van der Waals surface area contributed by atoms with Crippen molar-refractivity contribution in [2.75, 3.05) is 27.4 Å². The number of nitrogens with two attached hydrogens (primary N) is 2. The number of halogens is 7. The van der Waals surface area contributed by atoms with E-state index in [9.17, 15) is 50.0 Å². The summed E-state index contributed by atoms with van der Waals surface area (Å²) in [6.45, 7) is 0.404. The van der Waals surface area contributed by atoms with E-state index in [1.165, 1.54) is 97.1 Å². The standard InChI is InChI=1S/2C17H11F2N5O2.C17H14FN7O2.C9H5FN4O.C7H6FNO/c2*18-13-3-1-2-10(6-13)9-21-16(25)22-17-24-23-15(26-17)11-4-5-14(19)12(7-11)8-20;18-11-3-1-2-9(6-11)8-20-16(26)21-17-25-24-15(27-17)10-4-5-13-12(7-10)14(19)23-22-13;10-7-2-1-5(3-6(7)4-11)8-13-14-9(12)15-8;8-7-3-1-2-6(4-7)5-9-10/h2*1-7H,9H2,(H2,21,22,24,25);1-7H,8H2,(H3,19,22,23)(H2,20,21,25,26);1-3H,(H2,12,14);1-4H,5H2. The average Bonchev–Trinajstić information content (AvgIpc) is 1.63. The van der Waals surface area contributed by atoms with Crippen LogP contribution in [0.3, 0.4) is 0 Å². The summed E-state index contributed by atoms with van der Waals surface area (Å²) in [5.74, 6) is -2.64. The highest BCUT2D eigenvalue weighted by Gasteiger charge is 2.18. The van der Waals surface area contributed by atoms with Gasteiger partial charge in [-0.05, 0) is 144 Å². The van der Waals surface area contributed by atoms with Crippen molar-refractivity contribution in [3.63, 3.8) is 0 Å². The Morgan fingerprint density at radius 1 is 0.423 bits per heavy atom. The van der Waals surface area contributed by atoms with Gasteiger partial charge in [-0.15, -0.1) is 20.4 Å². The molecular weight excluding hydrogens is 1370 g/mol. The molecule has 0 aliphatic rings. The lowest BCUT2D eigenvalue weighted by Crippen LogP contribution is -2.28. The Labute approximate surface area is 579 Å². The van der Waals surface area contributed by atoms with Crippen LogP contribution in [0.2, 0.25) is 0 Å². The van der Waals surface area contributed by atoms with Gasteiger partial charge in [0.25, 0.3) is 0 Å². The summed E-state index contributed by atoms with van der Waals surface area (Å²) in [6.07, 6.45) is 0. The summed E-state index contributed by atoms with van der Waals surface area (Å²) in [5, 5.41) is 80.6. The lowest BCUT2D eigenvalue weighted by molar-refractivity contribution is 0.250. The summed E-state index contributed by atoms with van der Waals surface area (Å²) < 4.78 is 112. The fourth-order valence-electron chi connectivity index (χ4n) is 8.54. The molecule has 0 atom stereocenters. The van der Waals surface area contributed by atoms with Crippen LogP contribution in [-0.2, 0) is 26.2 Å². The molecular formula is C67H47F7N22O8. The Bertz CT molecular complexity index is 5180. The minimum Gasteiger partial charge on any atom is -0.404 e. The van der Waals surface area contributed by atoms with Gasteiger partial charge in [0.05, 0.1) is 22.2 Å². The van der Waals surface area contributed by atoms with Crippen molar-refractivity contribution in [1.29, 1.82) is 15.8 Å². The summed E-state index contributed by atoms with van der Waals surface area (Å²) in [4.78, 5) is 45.3. The Morgan fingerprint density at radius 3 is 1.11 bits per heavy atom. The second-order valence-corrected chi connectivity index (χ2v) is 20.7. The molecule has 8 aromatic carbocycles. The highest BCUT2D eigenvalue weighted by Crippen LogP contribution is 2.28. The van der Waals surface area contributed by atoms with Crippen molar-refractivity contribution in [2.24, 2.45) is 5.18 Å². The van der Waals surface area contributed by atoms with Crippen LogP contribution < -0.4 is 43.4 Å². The van der Waals surface area contributed by atoms with Gasteiger partial charge in [-0.1, -0.05) is 74.1 Å². The maximum absolute atomic E-state index is 13.3. The fourth-order valence-corrected chi connectivity index (χ4v) is 8.54. The minimum absolute atomic E-state index is 0.0157. The van der Waals surface area contributed by atoms with E-state index >= 15 is 0 Å². The SMILES string of the molecule is N#Cc1cc(-c2nnc(N)o2)ccc1F.N#Cc1cc(-c2nnc(NC(=O)NCc3cccc(F)c3)o2)ccc1F.N#Cc1cc(-c2nnc(NC(=O)NCc3cccc(F)c3)o2)ccc1F.Nc1n[nH]c2ccc(-c3nnc(NC(=O)NCc4cccc(F)c4)o3)cc12.O=NCc1cccc(F)c1. The zero-order valence-corrected chi connectivity index (χ0v) is 52.9. The van der Waals surface area contributed by atoms with E-state index in [0.29, 0.717) is 50.3 Å². The number of aromatic amines is 1. The molecule has 0 radical (unpaired) electrons. The number of nitrogens with zero attached hydrogens (tertiary/aromatic N) is 13. The summed E-state index contributed by atoms with van der Waals surface area (Å²) in [6, 6.07) is 42.9. The third-order valence-electron chi connectivity index (χ3n) is 13.4. The summed E-state index contributed by atoms with van der Waals surface area (Å²) in [7, 11) is 0. The van der Waals surface area contributed by atoms with E-state index in [2.05, 4.69) is 88.1 Å². The molecule has 30 nitrogen and oxygen atoms in total. The second-order valence-electron chi connectivity index (χ2n) is 20.7. The van der Waals surface area contributed by atoms with Crippen LogP contribution in [0.4, 0.5) is 75.0 Å². The number of aromatic nitrogens is 10. The largest absolute Gasteiger partial charge is 0.404 e. The van der Waals surface area contributed by atoms with Gasteiger partial charge < -0.3 is 45.1 Å². The highest BCUT2D eigenvalue weighted by atomic mass is 19.2. The number of rotatable bonds is 15. The monoisotopic (exact) mass is 1420 g/mol. The van der Waals surface area contributed by atoms with E-state index in [-0.39, 0.29) is 102 Å². The first kappa shape index (κ1) is 73.0. The fraction of sp³-hybridized carbons (Fsp3) is 0.0597. The van der Waals surface area contributed by atoms with Crippen LogP contribution in [0.5, 0.6) is 0 Å². The number of carbonyl (C=O) groups is 3. The van der Waals surface area contributed by atoms with Gasteiger partial charge in [0.2, 0.25) is 23.6 Å². The molecule has 6 amide bonds. The van der Waals surface area contributed by atoms with Crippen LogP contribution in [0.1, 0.15) is 38.9 Å². The quantitative estimate of drug-likeness (QED) is 0.0340. The third kappa shape index (κ3) is 21.1. The predicted molar refractivity (Wildman–Crippen MR) is 354 cm³/mol. The number of urea groups is 3. The number of hydrogen-bond donors (Lipinski definition) is 9. The van der Waals surface area contributed by atoms with Crippen molar-refractivity contribution in [3.05, 3.63) is 254 Å². The number of nitriles is 3. The Kier molecular flexibility index (Phi) is 24.8. The van der Waals surface area contributed by atoms with Gasteiger partial charge in [-0.25, -0.2) is 45.1 Å². The van der Waals surface area contributed by atoms with Crippen LogP contribution in [0, 0.1) is 79.6 Å². The molecule has 0 aliphatic heterocycles. The number of carbonyl (C=O) groups excluding carboxylic acids is 3. The second kappa shape index (κ2) is 35.3. The van der Waals surface area contributed by atoms with Gasteiger partial charge in [-0.2, -0.15) is 25.8 Å². The number of nitrogens with one attached hydrogen (secondary N) is 7. The van der Waals surface area contributed by atoms with E-state index in [0.717, 1.165) is 29.1 Å². The van der Waals surface area contributed by atoms with Crippen molar-refractivity contribution >= 4 is 58.9 Å². The lowest BCUT2D eigenvalue weighted by Gasteiger charge is -2.04. The zero-order valence-electron chi connectivity index (χ0n) is 52.9. The molecule has 0 bridgehead atoms. The molecule has 13 aromatic rings. The third-order valence-corrected chi connectivity index (χ3v) is 13.4. The smallest absolute Gasteiger partial charge is 0.324 e. The molecule has 0 saturated carbocycles. The number of fused-ring (bicyclic) bond motifs is 1. The number of nitroso groups, excluding NO2 is 1. The van der Waals surface area contributed by atoms with E-state index in [1.807, 2.05) is 0 Å². The first-order valence-electron chi connectivity index (χ1n) is 29.6. The van der Waals surface area contributed by atoms with Crippen molar-refractivity contribution in [2.45, 2.75) is 26.2 Å². The average molecular weight is 1420 g/mol. The van der Waals surface area contributed by atoms with Crippen LogP contribution >= 0.6 is 0 Å². The topological polar surface area (TPSA) is 461 Å². The molecule has 11 N–H and O–H groups in total. The van der Waals surface area contributed by atoms with Crippen molar-refractivity contribution < 1.29 is 62.8 Å². The molecule has 522 valence electrons. The number of H-pyrrole nitrogens is 1. The normalized spacial score (nSPS) is 10.2. The van der Waals surface area contributed by atoms with Crippen LogP contribution in [0.15, 0.2) is 193 Å². The highest BCUT2D eigenvalue weighted by molar-refractivity contribution is 5.92. The maximum Gasteiger partial charge on any atom is 0.324 e. The Hall–Kier alpha value is -15.2. The van der Waals surface area contributed by atoms with Crippen LogP contribution in [0.25, 0.3) is 56.7 Å². The van der Waals surface area contributed by atoms with Crippen molar-refractivity contribution in [3.8, 4) is 64.0 Å². The van der Waals surface area contributed by atoms with Gasteiger partial charge >= 0.3 is 42.2 Å². The van der Waals surface area contributed by atoms with E-state index < -0.39 is 47.2 Å². The lowest BCUT2D eigenvalue weighted by atomic mass is 10.1. The molecule has 0 spiro atoms. The number of nitrogen functional groups attached to an aromatic ring is 2. The Balaban J connectivity index is 0.000000156. The number of amides is 6. The molecule has 0 aliphatic carbocycles. The number of anilines is 5. The molecule has 0 unspecified atom stereocenters. The van der Waals surface area contributed by atoms with Gasteiger partial charge in [0, 0.05) is 47.3 Å². The first-order valence-corrected chi connectivity index (χ1v) is 29.6. The van der Waals surface area contributed by atoms with E-state index in [4.69, 9.17) is 44.9 Å². The van der Waals surface area contributed by atoms with Gasteiger partial charge in [0.1, 0.15) is 65.5 Å². The molecule has 13 rings (SSSR count). The van der Waals surface area contributed by atoms with E-state index in [1.54, 1.807) is 72.8 Å². The summed E-state index contributed by atoms with van der Waals surface area (Å²) in [5.41, 5.74) is 15.6. The summed E-state index contributed by atoms with van der Waals surface area (Å²) >= 11 is 0. The van der Waals surface area contributed by atoms with Gasteiger partial charge in [0.15, 0.2) is 5.82 Å². The maximum atomic E-state index is 13.3. The van der Waals surface area contributed by atoms with Crippen LogP contribution in [-0.4, -0.2) is 69.1 Å². The van der Waals surface area contributed by atoms with Crippen molar-refractivity contribution in [1.82, 2.24) is 66.9 Å². The molecule has 0 saturated heterocycles. The molecule has 5 heterocycles. The first-order chi connectivity index (χ1) is 50.2. The number of hydrogen-bond acceptors (Lipinski definition) is 23.